The Morgan fingerprint density at radius 1 is 1.58 bits per heavy atom. The minimum absolute atomic E-state index is 0.211. The van der Waals surface area contributed by atoms with Crippen molar-refractivity contribution in [2.45, 2.75) is 13.3 Å². The largest absolute Gasteiger partial charge is 0.505 e. The summed E-state index contributed by atoms with van der Waals surface area (Å²) in [5.41, 5.74) is 0.124. The van der Waals surface area contributed by atoms with Crippen molar-refractivity contribution in [2.75, 3.05) is 0 Å². The third kappa shape index (κ3) is 1.82. The highest BCUT2D eigenvalue weighted by molar-refractivity contribution is 14.1. The topological polar surface area (TPSA) is 33.1 Å². The van der Waals surface area contributed by atoms with Gasteiger partial charge < -0.3 is 5.11 Å². The first-order valence-electron chi connectivity index (χ1n) is 3.16. The fourth-order valence-electron chi connectivity index (χ4n) is 0.819. The van der Waals surface area contributed by atoms with Gasteiger partial charge in [-0.05, 0) is 35.6 Å². The van der Waals surface area contributed by atoms with Gasteiger partial charge in [0.05, 0.1) is 5.56 Å². The van der Waals surface area contributed by atoms with Crippen LogP contribution in [0.25, 0.3) is 0 Å². The lowest BCUT2D eigenvalue weighted by molar-refractivity contribution is 0.147. The Bertz CT molecular complexity index is 304. The molecule has 2 nitrogen and oxygen atoms in total. The predicted octanol–water partition coefficient (Wildman–Crippen LogP) is 2.64. The lowest BCUT2D eigenvalue weighted by atomic mass is 10.2. The lowest BCUT2D eigenvalue weighted by Gasteiger charge is -2.05. The molecular formula is C7H6F2INO. The zero-order valence-electron chi connectivity index (χ0n) is 6.18. The van der Waals surface area contributed by atoms with E-state index in [4.69, 9.17) is 5.11 Å². The van der Waals surface area contributed by atoms with Gasteiger partial charge in [-0.2, -0.15) is 0 Å². The van der Waals surface area contributed by atoms with E-state index >= 15 is 0 Å². The maximum Gasteiger partial charge on any atom is 0.267 e. The van der Waals surface area contributed by atoms with Crippen LogP contribution in [0.15, 0.2) is 6.07 Å². The van der Waals surface area contributed by atoms with Gasteiger partial charge in [0.15, 0.2) is 5.75 Å². The van der Waals surface area contributed by atoms with Crippen LogP contribution in [-0.2, 0) is 0 Å². The second kappa shape index (κ2) is 3.51. The number of rotatable bonds is 1. The molecule has 0 radical (unpaired) electrons. The van der Waals surface area contributed by atoms with Crippen LogP contribution in [0.1, 0.15) is 17.7 Å². The molecule has 0 unspecified atom stereocenters. The first kappa shape index (κ1) is 9.63. The third-order valence-electron chi connectivity index (χ3n) is 1.34. The van der Waals surface area contributed by atoms with E-state index in [1.54, 1.807) is 29.5 Å². The smallest absolute Gasteiger partial charge is 0.267 e. The highest BCUT2D eigenvalue weighted by Gasteiger charge is 2.16. The van der Waals surface area contributed by atoms with Crippen molar-refractivity contribution < 1.29 is 13.9 Å². The molecular weight excluding hydrogens is 279 g/mol. The second-order valence-corrected chi connectivity index (χ2v) is 3.31. The minimum Gasteiger partial charge on any atom is -0.505 e. The van der Waals surface area contributed by atoms with Gasteiger partial charge in [0.25, 0.3) is 6.43 Å². The molecule has 66 valence electrons. The Labute approximate surface area is 81.8 Å². The van der Waals surface area contributed by atoms with Gasteiger partial charge in [-0.1, -0.05) is 0 Å². The number of aryl methyl sites for hydroxylation is 1. The van der Waals surface area contributed by atoms with Gasteiger partial charge in [0, 0.05) is 5.69 Å². The molecule has 0 fully saturated rings. The molecule has 0 atom stereocenters. The molecule has 12 heavy (non-hydrogen) atoms. The molecule has 0 saturated heterocycles. The average molecular weight is 285 g/mol. The summed E-state index contributed by atoms with van der Waals surface area (Å²) in [6.07, 6.45) is -2.65. The third-order valence-corrected chi connectivity index (χ3v) is 2.09. The molecule has 0 amide bonds. The monoisotopic (exact) mass is 285 g/mol. The normalized spacial score (nSPS) is 10.8. The van der Waals surface area contributed by atoms with Crippen LogP contribution < -0.4 is 0 Å². The van der Waals surface area contributed by atoms with Crippen molar-refractivity contribution in [3.63, 3.8) is 0 Å². The van der Waals surface area contributed by atoms with Gasteiger partial charge in [-0.15, -0.1) is 0 Å². The number of nitrogens with zero attached hydrogens (tertiary/aromatic N) is 1. The van der Waals surface area contributed by atoms with Crippen molar-refractivity contribution in [1.82, 2.24) is 4.98 Å². The van der Waals surface area contributed by atoms with Crippen molar-refractivity contribution in [2.24, 2.45) is 0 Å². The molecule has 0 spiro atoms. The van der Waals surface area contributed by atoms with Crippen LogP contribution in [-0.4, -0.2) is 10.1 Å². The van der Waals surface area contributed by atoms with Crippen molar-refractivity contribution in [1.29, 1.82) is 0 Å². The maximum atomic E-state index is 12.2. The molecule has 0 aliphatic carbocycles. The van der Waals surface area contributed by atoms with E-state index in [1.165, 1.54) is 6.07 Å². The van der Waals surface area contributed by atoms with Gasteiger partial charge in [-0.3, -0.25) is 0 Å². The molecule has 0 aliphatic heterocycles. The number of pyridine rings is 1. The molecule has 1 aromatic rings. The molecule has 1 aromatic heterocycles. The van der Waals surface area contributed by atoms with Gasteiger partial charge >= 0.3 is 0 Å². The van der Waals surface area contributed by atoms with E-state index in [0.29, 0.717) is 5.69 Å². The van der Waals surface area contributed by atoms with Crippen molar-refractivity contribution in [3.8, 4) is 5.75 Å². The number of halogens is 3. The summed E-state index contributed by atoms with van der Waals surface area (Å²) in [5.74, 6) is -0.420. The molecule has 1 heterocycles. The summed E-state index contributed by atoms with van der Waals surface area (Å²) < 4.78 is 24.6. The second-order valence-electron chi connectivity index (χ2n) is 2.29. The molecule has 1 rings (SSSR count). The van der Waals surface area contributed by atoms with Crippen LogP contribution in [0.5, 0.6) is 5.75 Å². The van der Waals surface area contributed by atoms with Crippen LogP contribution >= 0.6 is 22.6 Å². The zero-order chi connectivity index (χ0) is 9.30. The van der Waals surface area contributed by atoms with E-state index in [1.807, 2.05) is 0 Å². The fraction of sp³-hybridized carbons (Fsp3) is 0.286. The van der Waals surface area contributed by atoms with Crippen LogP contribution in [0.3, 0.4) is 0 Å². The Balaban J connectivity index is 3.28. The van der Waals surface area contributed by atoms with E-state index < -0.39 is 12.2 Å². The average Bonchev–Trinajstić information content (AvgIpc) is 1.96. The summed E-state index contributed by atoms with van der Waals surface area (Å²) in [5, 5.41) is 9.14. The molecule has 5 heteroatoms. The summed E-state index contributed by atoms with van der Waals surface area (Å²) in [7, 11) is 0. The number of hydrogen-bond acceptors (Lipinski definition) is 2. The van der Waals surface area contributed by atoms with E-state index in [0.717, 1.165) is 0 Å². The Kier molecular flexibility index (Phi) is 2.81. The summed E-state index contributed by atoms with van der Waals surface area (Å²) in [6, 6.07) is 1.18. The lowest BCUT2D eigenvalue weighted by Crippen LogP contribution is -1.93. The molecule has 1 N–H and O–H groups in total. The SMILES string of the molecule is Cc1cc(C(F)F)c(O)c(I)n1. The van der Waals surface area contributed by atoms with Crippen LogP contribution in [0.4, 0.5) is 8.78 Å². The van der Waals surface area contributed by atoms with Crippen molar-refractivity contribution in [3.05, 3.63) is 21.0 Å². The zero-order valence-corrected chi connectivity index (χ0v) is 8.34. The summed E-state index contributed by atoms with van der Waals surface area (Å²) in [6.45, 7) is 1.60. The first-order chi connectivity index (χ1) is 5.52. The van der Waals surface area contributed by atoms with Crippen LogP contribution in [0, 0.1) is 10.6 Å². The van der Waals surface area contributed by atoms with Gasteiger partial charge in [-0.25, -0.2) is 13.8 Å². The van der Waals surface area contributed by atoms with E-state index in [9.17, 15) is 8.78 Å². The van der Waals surface area contributed by atoms with Crippen LogP contribution in [0.2, 0.25) is 0 Å². The fourth-order valence-corrected chi connectivity index (χ4v) is 1.51. The van der Waals surface area contributed by atoms with Gasteiger partial charge in [0.2, 0.25) is 0 Å². The molecule has 0 aliphatic rings. The quantitative estimate of drug-likeness (QED) is 0.635. The molecule has 0 saturated carbocycles. The first-order valence-corrected chi connectivity index (χ1v) is 4.24. The van der Waals surface area contributed by atoms with Crippen molar-refractivity contribution >= 4 is 22.6 Å². The van der Waals surface area contributed by atoms with Gasteiger partial charge in [0.1, 0.15) is 3.70 Å². The Hall–Kier alpha value is -0.460. The number of aromatic nitrogens is 1. The summed E-state index contributed by atoms with van der Waals surface area (Å²) >= 11 is 1.71. The Morgan fingerprint density at radius 2 is 2.17 bits per heavy atom. The highest BCUT2D eigenvalue weighted by Crippen LogP contribution is 2.31. The predicted molar refractivity (Wildman–Crippen MR) is 48.3 cm³/mol. The van der Waals surface area contributed by atoms with E-state index in [2.05, 4.69) is 4.98 Å². The Morgan fingerprint density at radius 3 is 2.67 bits per heavy atom. The molecule has 0 aromatic carbocycles. The minimum atomic E-state index is -2.65. The molecule has 0 bridgehead atoms. The highest BCUT2D eigenvalue weighted by atomic mass is 127. The number of alkyl halides is 2. The number of aromatic hydroxyl groups is 1. The number of hydrogen-bond donors (Lipinski definition) is 1. The summed E-state index contributed by atoms with van der Waals surface area (Å²) in [4.78, 5) is 3.82. The maximum absolute atomic E-state index is 12.2. The standard InChI is InChI=1S/C7H6F2INO/c1-3-2-4(6(8)9)5(12)7(10)11-3/h2,6,12H,1H3. The van der Waals surface area contributed by atoms with E-state index in [-0.39, 0.29) is 9.26 Å².